The van der Waals surface area contributed by atoms with Gasteiger partial charge >= 0.3 is 0 Å². The smallest absolute Gasteiger partial charge is 0.00779 e. The molecule has 0 spiro atoms. The molecule has 0 radical (unpaired) electrons. The third kappa shape index (κ3) is 2.42. The van der Waals surface area contributed by atoms with Crippen molar-refractivity contribution < 1.29 is 0 Å². The summed E-state index contributed by atoms with van der Waals surface area (Å²) in [4.78, 5) is 0. The molecule has 1 saturated carbocycles. The van der Waals surface area contributed by atoms with Crippen molar-refractivity contribution in [3.05, 3.63) is 36.0 Å². The molecule has 0 heteroatoms. The van der Waals surface area contributed by atoms with Gasteiger partial charge in [-0.1, -0.05) is 36.3 Å². The predicted octanol–water partition coefficient (Wildman–Crippen LogP) is 4.89. The highest BCUT2D eigenvalue weighted by Gasteiger charge is 2.36. The molecular weight excluding hydrogens is 180 g/mol. The van der Waals surface area contributed by atoms with Crippen molar-refractivity contribution >= 4 is 0 Å². The van der Waals surface area contributed by atoms with E-state index in [9.17, 15) is 0 Å². The minimum atomic E-state index is 0.255. The van der Waals surface area contributed by atoms with Gasteiger partial charge in [0.25, 0.3) is 0 Å². The number of hydrogen-bond acceptors (Lipinski definition) is 0. The average Bonchev–Trinajstić information content (AvgIpc) is 2.17. The second kappa shape index (κ2) is 4.38. The number of rotatable bonds is 2. The fourth-order valence-electron chi connectivity index (χ4n) is 2.61. The van der Waals surface area contributed by atoms with Crippen molar-refractivity contribution in [3.8, 4) is 0 Å². The van der Waals surface area contributed by atoms with Gasteiger partial charge in [0, 0.05) is 0 Å². The summed E-state index contributed by atoms with van der Waals surface area (Å²) < 4.78 is 0. The third-order valence-corrected chi connectivity index (χ3v) is 3.98. The zero-order valence-corrected chi connectivity index (χ0v) is 10.7. The normalized spacial score (nSPS) is 31.2. The molecule has 1 aliphatic carbocycles. The van der Waals surface area contributed by atoms with E-state index in [0.29, 0.717) is 5.92 Å². The van der Waals surface area contributed by atoms with Gasteiger partial charge in [0.1, 0.15) is 0 Å². The summed E-state index contributed by atoms with van der Waals surface area (Å²) in [6.45, 7) is 17.1. The van der Waals surface area contributed by atoms with E-state index in [-0.39, 0.29) is 5.41 Å². The minimum absolute atomic E-state index is 0.255. The van der Waals surface area contributed by atoms with Crippen LogP contribution in [0.2, 0.25) is 0 Å². The van der Waals surface area contributed by atoms with Crippen LogP contribution >= 0.6 is 0 Å². The molecule has 0 N–H and O–H groups in total. The van der Waals surface area contributed by atoms with E-state index in [0.717, 1.165) is 0 Å². The summed E-state index contributed by atoms with van der Waals surface area (Å²) in [5.41, 5.74) is 4.68. The molecule has 1 rings (SSSR count). The van der Waals surface area contributed by atoms with Gasteiger partial charge in [-0.3, -0.25) is 0 Å². The summed E-state index contributed by atoms with van der Waals surface area (Å²) in [6, 6.07) is 0. The van der Waals surface area contributed by atoms with Gasteiger partial charge in [0.15, 0.2) is 0 Å². The lowest BCUT2D eigenvalue weighted by molar-refractivity contribution is 0.238. The second-order valence-corrected chi connectivity index (χ2v) is 5.42. The van der Waals surface area contributed by atoms with Gasteiger partial charge in [-0.2, -0.15) is 0 Å². The summed E-state index contributed by atoms with van der Waals surface area (Å²) in [7, 11) is 0. The quantitative estimate of drug-likeness (QED) is 0.562. The molecule has 1 unspecified atom stereocenters. The molecular formula is C15H24. The minimum Gasteiger partial charge on any atom is -0.103 e. The zero-order valence-electron chi connectivity index (χ0n) is 10.7. The molecule has 0 nitrogen and oxygen atoms in total. The molecule has 15 heavy (non-hydrogen) atoms. The standard InChI is InChI=1S/C15H24/c1-7-15(6)9-8-13(11(2)3)10-14(15)12(4)5/h7,14H,1,4,8-10H2,2-3,5-6H3/t14-,15?/m1/s1. The second-order valence-electron chi connectivity index (χ2n) is 5.42. The van der Waals surface area contributed by atoms with Crippen molar-refractivity contribution in [2.24, 2.45) is 11.3 Å². The SMILES string of the molecule is C=CC1(C)CCC(=C(C)C)C[C@@H]1C(=C)C. The van der Waals surface area contributed by atoms with E-state index in [1.54, 1.807) is 5.57 Å². The monoisotopic (exact) mass is 204 g/mol. The molecule has 84 valence electrons. The van der Waals surface area contributed by atoms with Crippen molar-refractivity contribution in [3.63, 3.8) is 0 Å². The van der Waals surface area contributed by atoms with Gasteiger partial charge in [0.05, 0.1) is 0 Å². The lowest BCUT2D eigenvalue weighted by Gasteiger charge is -2.41. The van der Waals surface area contributed by atoms with Crippen LogP contribution in [0.3, 0.4) is 0 Å². The first-order chi connectivity index (χ1) is 6.90. The molecule has 0 bridgehead atoms. The molecule has 0 aromatic heterocycles. The van der Waals surface area contributed by atoms with Crippen molar-refractivity contribution in [2.75, 3.05) is 0 Å². The Morgan fingerprint density at radius 2 is 2.00 bits per heavy atom. The van der Waals surface area contributed by atoms with Gasteiger partial charge in [0.2, 0.25) is 0 Å². The van der Waals surface area contributed by atoms with Crippen molar-refractivity contribution in [1.29, 1.82) is 0 Å². The fourth-order valence-corrected chi connectivity index (χ4v) is 2.61. The van der Waals surface area contributed by atoms with E-state index in [2.05, 4.69) is 46.9 Å². The molecule has 0 heterocycles. The van der Waals surface area contributed by atoms with Crippen LogP contribution in [0.5, 0.6) is 0 Å². The van der Waals surface area contributed by atoms with E-state index >= 15 is 0 Å². The summed E-state index contributed by atoms with van der Waals surface area (Å²) in [5, 5.41) is 0. The number of allylic oxidation sites excluding steroid dienone is 4. The van der Waals surface area contributed by atoms with Crippen LogP contribution in [0.15, 0.2) is 36.0 Å². The largest absolute Gasteiger partial charge is 0.103 e. The predicted molar refractivity (Wildman–Crippen MR) is 68.8 cm³/mol. The van der Waals surface area contributed by atoms with Crippen molar-refractivity contribution in [1.82, 2.24) is 0 Å². The maximum absolute atomic E-state index is 4.15. The van der Waals surface area contributed by atoms with E-state index in [1.807, 2.05) is 0 Å². The Morgan fingerprint density at radius 3 is 2.40 bits per heavy atom. The lowest BCUT2D eigenvalue weighted by Crippen LogP contribution is -2.30. The molecule has 0 aromatic carbocycles. The Labute approximate surface area is 94.8 Å². The molecule has 0 aromatic rings. The van der Waals surface area contributed by atoms with Crippen LogP contribution in [-0.2, 0) is 0 Å². The Bertz CT molecular complexity index is 302. The van der Waals surface area contributed by atoms with E-state index in [1.165, 1.54) is 30.4 Å². The zero-order chi connectivity index (χ0) is 11.6. The van der Waals surface area contributed by atoms with Gasteiger partial charge < -0.3 is 0 Å². The van der Waals surface area contributed by atoms with Crippen LogP contribution in [0, 0.1) is 11.3 Å². The van der Waals surface area contributed by atoms with Gasteiger partial charge in [-0.05, 0) is 51.4 Å². The number of hydrogen-bond donors (Lipinski definition) is 0. The topological polar surface area (TPSA) is 0 Å². The average molecular weight is 204 g/mol. The first-order valence-corrected chi connectivity index (χ1v) is 5.85. The molecule has 1 fully saturated rings. The first kappa shape index (κ1) is 12.3. The molecule has 0 amide bonds. The molecule has 1 aliphatic rings. The van der Waals surface area contributed by atoms with E-state index < -0.39 is 0 Å². The highest BCUT2D eigenvalue weighted by atomic mass is 14.4. The van der Waals surface area contributed by atoms with Crippen LogP contribution in [0.25, 0.3) is 0 Å². The summed E-state index contributed by atoms with van der Waals surface area (Å²) in [5.74, 6) is 0.577. The Kier molecular flexibility index (Phi) is 3.59. The first-order valence-electron chi connectivity index (χ1n) is 5.85. The highest BCUT2D eigenvalue weighted by molar-refractivity contribution is 5.22. The van der Waals surface area contributed by atoms with Crippen LogP contribution in [0.4, 0.5) is 0 Å². The van der Waals surface area contributed by atoms with Crippen LogP contribution in [0.1, 0.15) is 47.0 Å². The third-order valence-electron chi connectivity index (χ3n) is 3.98. The summed E-state index contributed by atoms with van der Waals surface area (Å²) in [6.07, 6.45) is 5.76. The lowest BCUT2D eigenvalue weighted by atomic mass is 9.63. The summed E-state index contributed by atoms with van der Waals surface area (Å²) >= 11 is 0. The Balaban J connectivity index is 2.98. The highest BCUT2D eigenvalue weighted by Crippen LogP contribution is 2.47. The fraction of sp³-hybridized carbons (Fsp3) is 0.600. The van der Waals surface area contributed by atoms with Gasteiger partial charge in [-0.25, -0.2) is 0 Å². The molecule has 2 atom stereocenters. The maximum atomic E-state index is 4.15. The molecule has 0 saturated heterocycles. The molecule has 0 aliphatic heterocycles. The van der Waals surface area contributed by atoms with Crippen LogP contribution < -0.4 is 0 Å². The van der Waals surface area contributed by atoms with E-state index in [4.69, 9.17) is 0 Å². The van der Waals surface area contributed by atoms with Gasteiger partial charge in [-0.15, -0.1) is 6.58 Å². The Morgan fingerprint density at radius 1 is 1.40 bits per heavy atom. The Hall–Kier alpha value is -0.780. The maximum Gasteiger partial charge on any atom is -0.00779 e. The van der Waals surface area contributed by atoms with Crippen molar-refractivity contribution in [2.45, 2.75) is 47.0 Å². The van der Waals surface area contributed by atoms with Crippen LogP contribution in [-0.4, -0.2) is 0 Å².